The van der Waals surface area contributed by atoms with E-state index in [4.69, 9.17) is 0 Å². The molecule has 0 N–H and O–H groups in total. The fourth-order valence-electron chi connectivity index (χ4n) is 9.31. The summed E-state index contributed by atoms with van der Waals surface area (Å²) >= 11 is 0. The van der Waals surface area contributed by atoms with Crippen molar-refractivity contribution in [3.63, 3.8) is 0 Å². The molecule has 0 aromatic heterocycles. The van der Waals surface area contributed by atoms with Gasteiger partial charge in [-0.2, -0.15) is 0 Å². The molecule has 0 amide bonds. The van der Waals surface area contributed by atoms with Crippen molar-refractivity contribution in [2.75, 3.05) is 9.80 Å². The standard InChI is InChI=1S/C51H42N2/c1-33-11-19-37(20-12-33)52(38-21-13-34(2)14-22-38)41-27-29-45-43-7-5-9-47(43)51(49(45)31-41)48-10-6-8-44(48)46-30-28-42(32-50(46)51)53(39-23-15-35(3)16-24-39)40-25-17-36(4)18-26-40/h5-8,11-32H,9-10H2,1-4H3. The van der Waals surface area contributed by atoms with E-state index in [1.54, 1.807) is 0 Å². The molecule has 0 fully saturated rings. The fraction of sp³-hybridized carbons (Fsp3) is 0.137. The average molecular weight is 683 g/mol. The Labute approximate surface area is 313 Å². The number of rotatable bonds is 6. The van der Waals surface area contributed by atoms with Gasteiger partial charge in [-0.05, 0) is 158 Å². The number of nitrogens with zero attached hydrogens (tertiary/aromatic N) is 2. The second-order valence-corrected chi connectivity index (χ2v) is 15.2. The Morgan fingerprint density at radius 1 is 0.377 bits per heavy atom. The molecule has 0 radical (unpaired) electrons. The van der Waals surface area contributed by atoms with Gasteiger partial charge in [0.2, 0.25) is 0 Å². The summed E-state index contributed by atoms with van der Waals surface area (Å²) in [7, 11) is 0. The van der Waals surface area contributed by atoms with E-state index in [0.29, 0.717) is 0 Å². The van der Waals surface area contributed by atoms with Crippen LogP contribution in [0.25, 0.3) is 11.1 Å². The zero-order valence-corrected chi connectivity index (χ0v) is 30.8. The summed E-state index contributed by atoms with van der Waals surface area (Å²) < 4.78 is 0. The van der Waals surface area contributed by atoms with Crippen molar-refractivity contribution < 1.29 is 0 Å². The number of allylic oxidation sites excluding steroid dienone is 8. The van der Waals surface area contributed by atoms with Crippen LogP contribution >= 0.6 is 0 Å². The Morgan fingerprint density at radius 3 is 1.00 bits per heavy atom. The highest BCUT2D eigenvalue weighted by molar-refractivity contribution is 6.01. The van der Waals surface area contributed by atoms with Crippen LogP contribution < -0.4 is 9.80 Å². The fourth-order valence-corrected chi connectivity index (χ4v) is 9.31. The summed E-state index contributed by atoms with van der Waals surface area (Å²) in [6.07, 6.45) is 11.4. The first-order valence-corrected chi connectivity index (χ1v) is 18.9. The SMILES string of the molecule is Cc1ccc(N(c2ccc(C)cc2)c2ccc3c(c2)C2(C4=C3C=CC4)C3=C(C=CC3)c3ccc(N(c4ccc(C)cc4)c4ccc(C)cc4)cc32)cc1. The van der Waals surface area contributed by atoms with E-state index >= 15 is 0 Å². The molecule has 53 heavy (non-hydrogen) atoms. The van der Waals surface area contributed by atoms with Crippen LogP contribution in [0.4, 0.5) is 34.1 Å². The molecule has 256 valence electrons. The molecule has 10 rings (SSSR count). The largest absolute Gasteiger partial charge is 0.310 e. The topological polar surface area (TPSA) is 6.48 Å². The lowest BCUT2D eigenvalue weighted by Gasteiger charge is -2.36. The minimum absolute atomic E-state index is 0.340. The molecular weight excluding hydrogens is 641 g/mol. The Hall–Kier alpha value is -6.12. The van der Waals surface area contributed by atoms with Gasteiger partial charge in [0.05, 0.1) is 5.41 Å². The molecule has 0 saturated carbocycles. The van der Waals surface area contributed by atoms with Gasteiger partial charge < -0.3 is 9.80 Å². The number of benzene rings is 6. The van der Waals surface area contributed by atoms with Crippen LogP contribution in [0.3, 0.4) is 0 Å². The first-order valence-electron chi connectivity index (χ1n) is 18.9. The Morgan fingerprint density at radius 2 is 0.679 bits per heavy atom. The number of aryl methyl sites for hydroxylation is 4. The van der Waals surface area contributed by atoms with Gasteiger partial charge in [0.25, 0.3) is 0 Å². The average Bonchev–Trinajstić information content (AvgIpc) is 3.96. The molecule has 6 aromatic carbocycles. The van der Waals surface area contributed by atoms with Gasteiger partial charge in [-0.1, -0.05) is 107 Å². The van der Waals surface area contributed by atoms with Crippen LogP contribution in [-0.2, 0) is 5.41 Å². The predicted octanol–water partition coefficient (Wildman–Crippen LogP) is 13.6. The second-order valence-electron chi connectivity index (χ2n) is 15.2. The second kappa shape index (κ2) is 12.0. The van der Waals surface area contributed by atoms with Crippen molar-refractivity contribution >= 4 is 45.3 Å². The van der Waals surface area contributed by atoms with Gasteiger partial charge in [0, 0.05) is 34.1 Å². The van der Waals surface area contributed by atoms with Crippen LogP contribution in [0.1, 0.15) is 57.3 Å². The molecule has 0 heterocycles. The lowest BCUT2D eigenvalue weighted by atomic mass is 9.67. The highest BCUT2D eigenvalue weighted by Crippen LogP contribution is 2.66. The number of anilines is 6. The maximum absolute atomic E-state index is 2.52. The molecule has 0 saturated heterocycles. The van der Waals surface area contributed by atoms with Crippen molar-refractivity contribution in [2.24, 2.45) is 0 Å². The quantitative estimate of drug-likeness (QED) is 0.173. The zero-order chi connectivity index (χ0) is 35.8. The summed E-state index contributed by atoms with van der Waals surface area (Å²) in [4.78, 5) is 4.86. The molecule has 2 nitrogen and oxygen atoms in total. The van der Waals surface area contributed by atoms with Crippen LogP contribution in [0, 0.1) is 27.7 Å². The van der Waals surface area contributed by atoms with E-state index in [1.807, 2.05) is 0 Å². The molecule has 0 atom stereocenters. The van der Waals surface area contributed by atoms with E-state index in [0.717, 1.165) is 35.6 Å². The molecule has 2 heteroatoms. The minimum atomic E-state index is -0.340. The third kappa shape index (κ3) is 4.78. The van der Waals surface area contributed by atoms with Crippen molar-refractivity contribution in [3.8, 4) is 0 Å². The van der Waals surface area contributed by atoms with Crippen molar-refractivity contribution in [3.05, 3.63) is 213 Å². The van der Waals surface area contributed by atoms with E-state index < -0.39 is 0 Å². The number of hydrogen-bond donors (Lipinski definition) is 0. The minimum Gasteiger partial charge on any atom is -0.310 e. The molecule has 1 spiro atoms. The highest BCUT2D eigenvalue weighted by atomic mass is 15.1. The van der Waals surface area contributed by atoms with E-state index in [1.165, 1.54) is 78.2 Å². The summed E-state index contributed by atoms with van der Waals surface area (Å²) in [5.41, 5.74) is 23.1. The molecule has 6 aromatic rings. The van der Waals surface area contributed by atoms with Gasteiger partial charge >= 0.3 is 0 Å². The third-order valence-electron chi connectivity index (χ3n) is 11.8. The molecule has 0 unspecified atom stereocenters. The maximum Gasteiger partial charge on any atom is 0.0658 e. The third-order valence-corrected chi connectivity index (χ3v) is 11.8. The number of fused-ring (bicyclic) bond motifs is 8. The van der Waals surface area contributed by atoms with Gasteiger partial charge in [0.1, 0.15) is 0 Å². The smallest absolute Gasteiger partial charge is 0.0658 e. The lowest BCUT2D eigenvalue weighted by Crippen LogP contribution is -2.29. The van der Waals surface area contributed by atoms with Crippen molar-refractivity contribution in [1.29, 1.82) is 0 Å². The van der Waals surface area contributed by atoms with Gasteiger partial charge in [-0.15, -0.1) is 0 Å². The van der Waals surface area contributed by atoms with Gasteiger partial charge in [-0.3, -0.25) is 0 Å². The summed E-state index contributed by atoms with van der Waals surface area (Å²) in [6, 6.07) is 50.3. The van der Waals surface area contributed by atoms with E-state index in [-0.39, 0.29) is 5.41 Å². The van der Waals surface area contributed by atoms with Crippen LogP contribution in [-0.4, -0.2) is 0 Å². The Kier molecular flexibility index (Phi) is 7.14. The Balaban J connectivity index is 1.20. The molecular formula is C51H42N2. The van der Waals surface area contributed by atoms with Gasteiger partial charge in [-0.25, -0.2) is 0 Å². The van der Waals surface area contributed by atoms with Gasteiger partial charge in [0.15, 0.2) is 0 Å². The normalized spacial score (nSPS) is 15.6. The predicted molar refractivity (Wildman–Crippen MR) is 223 cm³/mol. The Bertz CT molecular complexity index is 2290. The van der Waals surface area contributed by atoms with Crippen LogP contribution in [0.15, 0.2) is 169 Å². The number of hydrogen-bond acceptors (Lipinski definition) is 2. The summed E-state index contributed by atoms with van der Waals surface area (Å²) in [5, 5.41) is 0. The van der Waals surface area contributed by atoms with E-state index in [9.17, 15) is 0 Å². The van der Waals surface area contributed by atoms with Crippen LogP contribution in [0.5, 0.6) is 0 Å². The monoisotopic (exact) mass is 682 g/mol. The van der Waals surface area contributed by atoms with Crippen molar-refractivity contribution in [2.45, 2.75) is 46.0 Å². The van der Waals surface area contributed by atoms with Crippen LogP contribution in [0.2, 0.25) is 0 Å². The maximum atomic E-state index is 2.52. The van der Waals surface area contributed by atoms with Crippen molar-refractivity contribution in [1.82, 2.24) is 0 Å². The summed E-state index contributed by atoms with van der Waals surface area (Å²) in [6.45, 7) is 8.63. The first kappa shape index (κ1) is 31.6. The zero-order valence-electron chi connectivity index (χ0n) is 30.8. The molecule has 4 aliphatic rings. The van der Waals surface area contributed by atoms with E-state index in [2.05, 4.69) is 195 Å². The lowest BCUT2D eigenvalue weighted by molar-refractivity contribution is 0.712. The highest BCUT2D eigenvalue weighted by Gasteiger charge is 2.54. The molecule has 0 bridgehead atoms. The molecule has 4 aliphatic carbocycles. The first-order chi connectivity index (χ1) is 25.9. The molecule has 0 aliphatic heterocycles. The summed E-state index contributed by atoms with van der Waals surface area (Å²) in [5.74, 6) is 0.